The largest absolute Gasteiger partial charge is 0.444 e. The van der Waals surface area contributed by atoms with Gasteiger partial charge in [-0.3, -0.25) is 0 Å². The number of ether oxygens (including phenoxy) is 1. The summed E-state index contributed by atoms with van der Waals surface area (Å²) < 4.78 is 5.37. The molecular formula is C14H20N2O2. The number of rotatable bonds is 0. The van der Waals surface area contributed by atoms with Crippen molar-refractivity contribution in [2.75, 3.05) is 6.54 Å². The quantitative estimate of drug-likeness (QED) is 0.767. The van der Waals surface area contributed by atoms with E-state index in [9.17, 15) is 4.79 Å². The fraction of sp³-hybridized carbons (Fsp3) is 0.500. The third-order valence-electron chi connectivity index (χ3n) is 2.88. The number of hydrogen-bond donors (Lipinski definition) is 1. The van der Waals surface area contributed by atoms with Crippen LogP contribution in [0.25, 0.3) is 0 Å². The van der Waals surface area contributed by atoms with Gasteiger partial charge < -0.3 is 15.4 Å². The maximum atomic E-state index is 12.0. The molecule has 1 aromatic carbocycles. The standard InChI is InChI=1S/C14H20N2O2/c1-14(2,3)18-13(17)16-8-10-6-4-5-7-11(10)12(15)9-16/h4-7,12H,8-9,15H2,1-3H3/t12-/m0/s1. The summed E-state index contributed by atoms with van der Waals surface area (Å²) in [5.74, 6) is 0. The normalized spacial score (nSPS) is 19.3. The first kappa shape index (κ1) is 12.9. The molecule has 2 rings (SSSR count). The molecule has 2 N–H and O–H groups in total. The van der Waals surface area contributed by atoms with Crippen molar-refractivity contribution in [3.05, 3.63) is 35.4 Å². The number of nitrogens with zero attached hydrogens (tertiary/aromatic N) is 1. The summed E-state index contributed by atoms with van der Waals surface area (Å²) >= 11 is 0. The van der Waals surface area contributed by atoms with E-state index in [1.54, 1.807) is 4.90 Å². The predicted octanol–water partition coefficient (Wildman–Crippen LogP) is 2.44. The first-order chi connectivity index (χ1) is 8.37. The molecule has 0 saturated carbocycles. The Labute approximate surface area is 108 Å². The first-order valence-electron chi connectivity index (χ1n) is 6.18. The van der Waals surface area contributed by atoms with Gasteiger partial charge in [0.25, 0.3) is 0 Å². The summed E-state index contributed by atoms with van der Waals surface area (Å²) in [5, 5.41) is 0. The fourth-order valence-corrected chi connectivity index (χ4v) is 2.11. The number of fused-ring (bicyclic) bond motifs is 1. The highest BCUT2D eigenvalue weighted by molar-refractivity contribution is 5.68. The summed E-state index contributed by atoms with van der Waals surface area (Å²) in [6.45, 7) is 6.67. The van der Waals surface area contributed by atoms with Gasteiger partial charge >= 0.3 is 6.09 Å². The van der Waals surface area contributed by atoms with Crippen LogP contribution in [0, 0.1) is 0 Å². The lowest BCUT2D eigenvalue weighted by Crippen LogP contribution is -2.43. The summed E-state index contributed by atoms with van der Waals surface area (Å²) in [4.78, 5) is 13.7. The van der Waals surface area contributed by atoms with Gasteiger partial charge in [-0.05, 0) is 31.9 Å². The van der Waals surface area contributed by atoms with Crippen LogP contribution in [0.4, 0.5) is 4.79 Å². The molecular weight excluding hydrogens is 228 g/mol. The van der Waals surface area contributed by atoms with E-state index < -0.39 is 5.60 Å². The second-order valence-electron chi connectivity index (χ2n) is 5.67. The molecule has 0 bridgehead atoms. The van der Waals surface area contributed by atoms with E-state index in [0.29, 0.717) is 13.1 Å². The van der Waals surface area contributed by atoms with Crippen molar-refractivity contribution in [1.29, 1.82) is 0 Å². The van der Waals surface area contributed by atoms with Gasteiger partial charge in [-0.1, -0.05) is 24.3 Å². The molecule has 18 heavy (non-hydrogen) atoms. The average Bonchev–Trinajstić information content (AvgIpc) is 2.26. The number of amides is 1. The van der Waals surface area contributed by atoms with E-state index in [0.717, 1.165) is 11.1 Å². The third kappa shape index (κ3) is 2.82. The zero-order valence-electron chi connectivity index (χ0n) is 11.1. The topological polar surface area (TPSA) is 55.6 Å². The van der Waals surface area contributed by atoms with Crippen LogP contribution in [0.15, 0.2) is 24.3 Å². The van der Waals surface area contributed by atoms with E-state index in [4.69, 9.17) is 10.5 Å². The van der Waals surface area contributed by atoms with Crippen molar-refractivity contribution in [3.63, 3.8) is 0 Å². The molecule has 1 amide bonds. The van der Waals surface area contributed by atoms with Crippen LogP contribution in [-0.4, -0.2) is 23.1 Å². The van der Waals surface area contributed by atoms with Crippen LogP contribution >= 0.6 is 0 Å². The monoisotopic (exact) mass is 248 g/mol. The summed E-state index contributed by atoms with van der Waals surface area (Å²) in [6, 6.07) is 7.83. The van der Waals surface area contributed by atoms with Gasteiger partial charge in [0.05, 0.1) is 0 Å². The molecule has 4 heteroatoms. The summed E-state index contributed by atoms with van der Waals surface area (Å²) in [6.07, 6.45) is -0.299. The van der Waals surface area contributed by atoms with Crippen LogP contribution in [0.2, 0.25) is 0 Å². The zero-order valence-corrected chi connectivity index (χ0v) is 11.1. The Balaban J connectivity index is 2.13. The summed E-state index contributed by atoms with van der Waals surface area (Å²) in [5.41, 5.74) is 7.84. The molecule has 98 valence electrons. The second-order valence-corrected chi connectivity index (χ2v) is 5.67. The van der Waals surface area contributed by atoms with Gasteiger partial charge in [-0.2, -0.15) is 0 Å². The fourth-order valence-electron chi connectivity index (χ4n) is 2.11. The van der Waals surface area contributed by atoms with Crippen molar-refractivity contribution in [2.24, 2.45) is 5.73 Å². The highest BCUT2D eigenvalue weighted by atomic mass is 16.6. The number of hydrogen-bond acceptors (Lipinski definition) is 3. The molecule has 0 radical (unpaired) electrons. The van der Waals surface area contributed by atoms with Crippen LogP contribution in [-0.2, 0) is 11.3 Å². The van der Waals surface area contributed by atoms with E-state index in [1.165, 1.54) is 0 Å². The second kappa shape index (κ2) is 4.61. The number of carbonyl (C=O) groups is 1. The minimum absolute atomic E-state index is 0.137. The van der Waals surface area contributed by atoms with Crippen LogP contribution in [0.1, 0.15) is 37.9 Å². The molecule has 0 saturated heterocycles. The van der Waals surface area contributed by atoms with E-state index >= 15 is 0 Å². The average molecular weight is 248 g/mol. The zero-order chi connectivity index (χ0) is 13.3. The van der Waals surface area contributed by atoms with Crippen LogP contribution in [0.3, 0.4) is 0 Å². The molecule has 1 atom stereocenters. The molecule has 0 aromatic heterocycles. The molecule has 0 aliphatic carbocycles. The van der Waals surface area contributed by atoms with Crippen molar-refractivity contribution in [1.82, 2.24) is 4.90 Å². The van der Waals surface area contributed by atoms with Gasteiger partial charge in [-0.25, -0.2) is 4.79 Å². The van der Waals surface area contributed by atoms with Crippen molar-refractivity contribution in [3.8, 4) is 0 Å². The molecule has 0 fully saturated rings. The minimum Gasteiger partial charge on any atom is -0.444 e. The Bertz CT molecular complexity index is 451. The number of benzene rings is 1. The van der Waals surface area contributed by atoms with Gasteiger partial charge in [0.1, 0.15) is 5.60 Å². The maximum Gasteiger partial charge on any atom is 0.410 e. The molecule has 0 unspecified atom stereocenters. The SMILES string of the molecule is CC(C)(C)OC(=O)N1Cc2ccccc2[C@@H](N)C1. The van der Waals surface area contributed by atoms with Gasteiger partial charge in [0.2, 0.25) is 0 Å². The van der Waals surface area contributed by atoms with Gasteiger partial charge in [0, 0.05) is 19.1 Å². The van der Waals surface area contributed by atoms with E-state index in [2.05, 4.69) is 0 Å². The van der Waals surface area contributed by atoms with Crippen molar-refractivity contribution >= 4 is 6.09 Å². The van der Waals surface area contributed by atoms with Gasteiger partial charge in [0.15, 0.2) is 0 Å². The van der Waals surface area contributed by atoms with Crippen LogP contribution < -0.4 is 5.73 Å². The molecule has 1 aromatic rings. The molecule has 0 spiro atoms. The van der Waals surface area contributed by atoms with Crippen molar-refractivity contribution in [2.45, 2.75) is 39.0 Å². The smallest absolute Gasteiger partial charge is 0.410 e. The van der Waals surface area contributed by atoms with Crippen LogP contribution in [0.5, 0.6) is 0 Å². The lowest BCUT2D eigenvalue weighted by molar-refractivity contribution is 0.0206. The Hall–Kier alpha value is -1.55. The Morgan fingerprint density at radius 2 is 2.06 bits per heavy atom. The third-order valence-corrected chi connectivity index (χ3v) is 2.88. The maximum absolute atomic E-state index is 12.0. The highest BCUT2D eigenvalue weighted by Gasteiger charge is 2.28. The lowest BCUT2D eigenvalue weighted by Gasteiger charge is -2.34. The van der Waals surface area contributed by atoms with Crippen molar-refractivity contribution < 1.29 is 9.53 Å². The first-order valence-corrected chi connectivity index (χ1v) is 6.18. The Morgan fingerprint density at radius 1 is 1.39 bits per heavy atom. The van der Waals surface area contributed by atoms with E-state index in [1.807, 2.05) is 45.0 Å². The predicted molar refractivity (Wildman–Crippen MR) is 70.0 cm³/mol. The molecule has 1 aliphatic heterocycles. The molecule has 1 heterocycles. The summed E-state index contributed by atoms with van der Waals surface area (Å²) in [7, 11) is 0. The van der Waals surface area contributed by atoms with Gasteiger partial charge in [-0.15, -0.1) is 0 Å². The highest BCUT2D eigenvalue weighted by Crippen LogP contribution is 2.25. The number of nitrogens with two attached hydrogens (primary N) is 1. The lowest BCUT2D eigenvalue weighted by atomic mass is 9.96. The molecule has 1 aliphatic rings. The Kier molecular flexibility index (Phi) is 3.30. The number of carbonyl (C=O) groups excluding carboxylic acids is 1. The van der Waals surface area contributed by atoms with E-state index in [-0.39, 0.29) is 12.1 Å². The molecule has 4 nitrogen and oxygen atoms in total. The Morgan fingerprint density at radius 3 is 2.72 bits per heavy atom. The minimum atomic E-state index is -0.474.